The van der Waals surface area contributed by atoms with E-state index in [1.165, 1.54) is 17.0 Å². The van der Waals surface area contributed by atoms with Gasteiger partial charge in [0, 0.05) is 26.2 Å². The SMILES string of the molecule is Cc1ccc(C(=O)N2CCN(S(=O)(=O)c3cc(C(F)(F)F)cc(C(F)(F)F)c3)CC2)c(O)c1. The van der Waals surface area contributed by atoms with Gasteiger partial charge in [-0.05, 0) is 42.8 Å². The number of carbonyl (C=O) groups excluding carboxylic acids is 1. The van der Waals surface area contributed by atoms with Gasteiger partial charge in [-0.1, -0.05) is 6.07 Å². The Morgan fingerprint density at radius 3 is 1.85 bits per heavy atom. The molecule has 33 heavy (non-hydrogen) atoms. The molecule has 1 amide bonds. The van der Waals surface area contributed by atoms with E-state index < -0.39 is 44.3 Å². The second-order valence-electron chi connectivity index (χ2n) is 7.46. The average Bonchev–Trinajstić information content (AvgIpc) is 2.72. The number of halogens is 6. The number of phenolic OH excluding ortho intramolecular Hbond substituents is 1. The molecule has 6 nitrogen and oxygen atoms in total. The molecule has 0 atom stereocenters. The number of rotatable bonds is 3. The number of hydrogen-bond acceptors (Lipinski definition) is 4. The summed E-state index contributed by atoms with van der Waals surface area (Å²) in [6.45, 7) is 0.666. The highest BCUT2D eigenvalue weighted by molar-refractivity contribution is 7.89. The van der Waals surface area contributed by atoms with Crippen molar-refractivity contribution in [2.75, 3.05) is 26.2 Å². The minimum Gasteiger partial charge on any atom is -0.507 e. The number of amides is 1. The molecule has 13 heteroatoms. The highest BCUT2D eigenvalue weighted by Gasteiger charge is 2.40. The minimum atomic E-state index is -5.19. The van der Waals surface area contributed by atoms with Crippen molar-refractivity contribution in [1.29, 1.82) is 0 Å². The first-order chi connectivity index (χ1) is 15.1. The van der Waals surface area contributed by atoms with Crippen LogP contribution in [0, 0.1) is 6.92 Å². The molecule has 1 aliphatic heterocycles. The van der Waals surface area contributed by atoms with E-state index in [9.17, 15) is 44.7 Å². The van der Waals surface area contributed by atoms with E-state index in [0.29, 0.717) is 5.56 Å². The van der Waals surface area contributed by atoms with Gasteiger partial charge in [0.2, 0.25) is 10.0 Å². The molecule has 2 aromatic carbocycles. The molecule has 0 aliphatic carbocycles. The number of sulfonamides is 1. The van der Waals surface area contributed by atoms with Crippen molar-refractivity contribution >= 4 is 15.9 Å². The number of alkyl halides is 6. The second-order valence-corrected chi connectivity index (χ2v) is 9.40. The van der Waals surface area contributed by atoms with Crippen LogP contribution in [0.25, 0.3) is 0 Å². The molecule has 180 valence electrons. The molecule has 1 heterocycles. The molecule has 0 unspecified atom stereocenters. The maximum absolute atomic E-state index is 13.1. The summed E-state index contributed by atoms with van der Waals surface area (Å²) in [5, 5.41) is 9.97. The van der Waals surface area contributed by atoms with E-state index in [-0.39, 0.29) is 55.7 Å². The Kier molecular flexibility index (Phi) is 6.41. The van der Waals surface area contributed by atoms with Crippen LogP contribution in [0.3, 0.4) is 0 Å². The predicted octanol–water partition coefficient (Wildman–Crippen LogP) is 3.88. The molecule has 0 spiro atoms. The number of nitrogens with zero attached hydrogens (tertiary/aromatic N) is 2. The Balaban J connectivity index is 1.85. The zero-order chi connectivity index (χ0) is 24.8. The smallest absolute Gasteiger partial charge is 0.416 e. The van der Waals surface area contributed by atoms with Crippen molar-refractivity contribution in [1.82, 2.24) is 9.21 Å². The zero-order valence-electron chi connectivity index (χ0n) is 17.0. The van der Waals surface area contributed by atoms with Crippen LogP contribution in [0.2, 0.25) is 0 Å². The largest absolute Gasteiger partial charge is 0.507 e. The van der Waals surface area contributed by atoms with Gasteiger partial charge in [0.1, 0.15) is 5.75 Å². The van der Waals surface area contributed by atoms with E-state index in [0.717, 1.165) is 4.31 Å². The molecule has 0 saturated carbocycles. The van der Waals surface area contributed by atoms with Crippen LogP contribution < -0.4 is 0 Å². The first kappa shape index (κ1) is 24.8. The number of benzene rings is 2. The van der Waals surface area contributed by atoms with Crippen molar-refractivity contribution in [2.45, 2.75) is 24.2 Å². The summed E-state index contributed by atoms with van der Waals surface area (Å²) >= 11 is 0. The molecular weight excluding hydrogens is 478 g/mol. The third-order valence-electron chi connectivity index (χ3n) is 5.11. The summed E-state index contributed by atoms with van der Waals surface area (Å²) in [6.07, 6.45) is -10.4. The normalized spacial score (nSPS) is 16.2. The van der Waals surface area contributed by atoms with Gasteiger partial charge in [0.15, 0.2) is 0 Å². The number of phenols is 1. The highest BCUT2D eigenvalue weighted by Crippen LogP contribution is 2.38. The lowest BCUT2D eigenvalue weighted by atomic mass is 10.1. The van der Waals surface area contributed by atoms with Crippen LogP contribution in [0.5, 0.6) is 5.75 Å². The van der Waals surface area contributed by atoms with E-state index in [1.54, 1.807) is 13.0 Å². The lowest BCUT2D eigenvalue weighted by Gasteiger charge is -2.34. The van der Waals surface area contributed by atoms with Gasteiger partial charge in [0.05, 0.1) is 21.6 Å². The van der Waals surface area contributed by atoms with Crippen LogP contribution in [-0.4, -0.2) is 54.8 Å². The van der Waals surface area contributed by atoms with Crippen molar-refractivity contribution < 1.29 is 44.7 Å². The first-order valence-electron chi connectivity index (χ1n) is 9.49. The lowest BCUT2D eigenvalue weighted by Crippen LogP contribution is -2.50. The Morgan fingerprint density at radius 2 is 1.39 bits per heavy atom. The summed E-state index contributed by atoms with van der Waals surface area (Å²) in [7, 11) is -4.71. The van der Waals surface area contributed by atoms with Crippen molar-refractivity contribution in [3.05, 3.63) is 58.7 Å². The summed E-state index contributed by atoms with van der Waals surface area (Å²) < 4.78 is 105. The summed E-state index contributed by atoms with van der Waals surface area (Å²) in [4.78, 5) is 12.7. The van der Waals surface area contributed by atoms with Crippen molar-refractivity contribution in [2.24, 2.45) is 0 Å². The lowest BCUT2D eigenvalue weighted by molar-refractivity contribution is -0.143. The van der Waals surface area contributed by atoms with Gasteiger partial charge in [-0.3, -0.25) is 4.79 Å². The van der Waals surface area contributed by atoms with Gasteiger partial charge >= 0.3 is 12.4 Å². The second kappa shape index (κ2) is 8.52. The summed E-state index contributed by atoms with van der Waals surface area (Å²) in [5.41, 5.74) is -2.77. The van der Waals surface area contributed by atoms with Crippen LogP contribution in [0.4, 0.5) is 26.3 Å². The molecule has 1 aliphatic rings. The Labute approximate surface area is 185 Å². The highest BCUT2D eigenvalue weighted by atomic mass is 32.2. The molecule has 1 N–H and O–H groups in total. The fourth-order valence-corrected chi connectivity index (χ4v) is 4.84. The van der Waals surface area contributed by atoms with Crippen LogP contribution in [0.1, 0.15) is 27.0 Å². The minimum absolute atomic E-state index is 0.00963. The number of hydrogen-bond donors (Lipinski definition) is 1. The average molecular weight is 496 g/mol. The number of aromatic hydroxyl groups is 1. The maximum Gasteiger partial charge on any atom is 0.416 e. The molecule has 1 fully saturated rings. The van der Waals surface area contributed by atoms with Crippen LogP contribution in [0.15, 0.2) is 41.3 Å². The van der Waals surface area contributed by atoms with Crippen LogP contribution in [-0.2, 0) is 22.4 Å². The third kappa shape index (κ3) is 5.24. The summed E-state index contributed by atoms with van der Waals surface area (Å²) in [6, 6.07) is 4.54. The van der Waals surface area contributed by atoms with E-state index in [2.05, 4.69) is 0 Å². The maximum atomic E-state index is 13.1. The molecule has 3 rings (SSSR count). The molecule has 1 saturated heterocycles. The molecule has 0 radical (unpaired) electrons. The molecule has 0 bridgehead atoms. The van der Waals surface area contributed by atoms with E-state index >= 15 is 0 Å². The number of aryl methyl sites for hydroxylation is 1. The number of piperazine rings is 1. The van der Waals surface area contributed by atoms with E-state index in [1.807, 2.05) is 0 Å². The summed E-state index contributed by atoms with van der Waals surface area (Å²) in [5.74, 6) is -0.846. The third-order valence-corrected chi connectivity index (χ3v) is 6.98. The van der Waals surface area contributed by atoms with Gasteiger partial charge < -0.3 is 10.0 Å². The predicted molar refractivity (Wildman–Crippen MR) is 104 cm³/mol. The topological polar surface area (TPSA) is 77.9 Å². The fourth-order valence-electron chi connectivity index (χ4n) is 3.35. The fraction of sp³-hybridized carbons (Fsp3) is 0.350. The van der Waals surface area contributed by atoms with Gasteiger partial charge in [-0.15, -0.1) is 0 Å². The Hall–Kier alpha value is -2.80. The molecule has 0 aromatic heterocycles. The van der Waals surface area contributed by atoms with Gasteiger partial charge in [0.25, 0.3) is 5.91 Å². The Morgan fingerprint density at radius 1 is 0.879 bits per heavy atom. The van der Waals surface area contributed by atoms with E-state index in [4.69, 9.17) is 0 Å². The number of carbonyl (C=O) groups is 1. The van der Waals surface area contributed by atoms with Gasteiger partial charge in [-0.25, -0.2) is 8.42 Å². The molecule has 2 aromatic rings. The van der Waals surface area contributed by atoms with Crippen LogP contribution >= 0.6 is 0 Å². The zero-order valence-corrected chi connectivity index (χ0v) is 17.9. The standard InChI is InChI=1S/C20H18F6N2O4S/c1-12-2-3-16(17(29)8-12)18(30)27-4-6-28(7-5-27)33(31,32)15-10-13(19(21,22)23)9-14(11-15)20(24,25)26/h2-3,8-11,29H,4-7H2,1H3. The first-order valence-corrected chi connectivity index (χ1v) is 10.9. The van der Waals surface area contributed by atoms with Crippen molar-refractivity contribution in [3.63, 3.8) is 0 Å². The monoisotopic (exact) mass is 496 g/mol. The quantitative estimate of drug-likeness (QED) is 0.655. The Bertz CT molecular complexity index is 1140. The molecular formula is C20H18F6N2O4S. The van der Waals surface area contributed by atoms with Gasteiger partial charge in [-0.2, -0.15) is 30.6 Å². The van der Waals surface area contributed by atoms with Crippen molar-refractivity contribution in [3.8, 4) is 5.75 Å².